The van der Waals surface area contributed by atoms with Gasteiger partial charge in [-0.2, -0.15) is 0 Å². The highest BCUT2D eigenvalue weighted by molar-refractivity contribution is 9.10. The minimum Gasteiger partial charge on any atom is -0.381 e. The van der Waals surface area contributed by atoms with Crippen molar-refractivity contribution in [2.24, 2.45) is 5.41 Å². The smallest absolute Gasteiger partial charge is 0.258 e. The van der Waals surface area contributed by atoms with E-state index >= 15 is 0 Å². The molecular formula is C22H24BrN3O2. The van der Waals surface area contributed by atoms with Crippen LogP contribution in [0.5, 0.6) is 0 Å². The van der Waals surface area contributed by atoms with E-state index in [-0.39, 0.29) is 17.0 Å². The van der Waals surface area contributed by atoms with Gasteiger partial charge in [-0.05, 0) is 37.5 Å². The van der Waals surface area contributed by atoms with Crippen molar-refractivity contribution < 1.29 is 5.11 Å². The van der Waals surface area contributed by atoms with E-state index in [0.29, 0.717) is 22.3 Å². The van der Waals surface area contributed by atoms with Gasteiger partial charge in [-0.3, -0.25) is 4.79 Å². The third-order valence-electron chi connectivity index (χ3n) is 4.86. The van der Waals surface area contributed by atoms with E-state index in [0.717, 1.165) is 15.2 Å². The molecule has 2 heterocycles. The number of aromatic amines is 1. The van der Waals surface area contributed by atoms with Crippen LogP contribution in [0.4, 0.5) is 5.82 Å². The third kappa shape index (κ3) is 4.06. The molecule has 0 spiro atoms. The van der Waals surface area contributed by atoms with Crippen LogP contribution in [0, 0.1) is 17.3 Å². The molecule has 28 heavy (non-hydrogen) atoms. The molecule has 6 heteroatoms. The van der Waals surface area contributed by atoms with Crippen molar-refractivity contribution in [2.75, 3.05) is 5.32 Å². The van der Waals surface area contributed by atoms with Gasteiger partial charge in [0.05, 0.1) is 16.5 Å². The summed E-state index contributed by atoms with van der Waals surface area (Å²) in [6.45, 7) is 10.2. The van der Waals surface area contributed by atoms with Crippen LogP contribution >= 0.6 is 15.9 Å². The molecule has 0 aliphatic carbocycles. The van der Waals surface area contributed by atoms with Crippen LogP contribution < -0.4 is 10.9 Å². The molecular weight excluding hydrogens is 418 g/mol. The topological polar surface area (TPSA) is 78.0 Å². The van der Waals surface area contributed by atoms with Crippen molar-refractivity contribution in [1.82, 2.24) is 9.97 Å². The van der Waals surface area contributed by atoms with Gasteiger partial charge in [-0.15, -0.1) is 0 Å². The Kier molecular flexibility index (Phi) is 5.51. The quantitative estimate of drug-likeness (QED) is 0.406. The Morgan fingerprint density at radius 3 is 2.61 bits per heavy atom. The zero-order valence-corrected chi connectivity index (χ0v) is 18.2. The van der Waals surface area contributed by atoms with Crippen LogP contribution in [0.3, 0.4) is 0 Å². The van der Waals surface area contributed by atoms with Gasteiger partial charge in [0.25, 0.3) is 5.56 Å². The van der Waals surface area contributed by atoms with Gasteiger partial charge in [0, 0.05) is 27.5 Å². The average molecular weight is 442 g/mol. The van der Waals surface area contributed by atoms with Crippen molar-refractivity contribution in [1.29, 1.82) is 0 Å². The number of nitrogens with zero attached hydrogens (tertiary/aromatic N) is 1. The molecule has 3 rings (SSSR count). The lowest BCUT2D eigenvalue weighted by molar-refractivity contribution is 0.253. The number of hydrogen-bond donors (Lipinski definition) is 3. The summed E-state index contributed by atoms with van der Waals surface area (Å²) in [5.74, 6) is 6.37. The predicted octanol–water partition coefficient (Wildman–Crippen LogP) is 4.42. The van der Waals surface area contributed by atoms with Crippen LogP contribution in [0.25, 0.3) is 21.7 Å². The summed E-state index contributed by atoms with van der Waals surface area (Å²) in [7, 11) is 0. The number of aromatic nitrogens is 2. The fourth-order valence-corrected chi connectivity index (χ4v) is 3.16. The van der Waals surface area contributed by atoms with E-state index in [9.17, 15) is 9.90 Å². The first-order chi connectivity index (χ1) is 13.1. The molecule has 3 aromatic rings. The van der Waals surface area contributed by atoms with Crippen LogP contribution in [0.1, 0.15) is 40.2 Å². The lowest BCUT2D eigenvalue weighted by Crippen LogP contribution is -2.31. The highest BCUT2D eigenvalue weighted by Crippen LogP contribution is 2.32. The highest BCUT2D eigenvalue weighted by atomic mass is 79.9. The Bertz CT molecular complexity index is 1160. The first kappa shape index (κ1) is 20.4. The molecule has 0 bridgehead atoms. The van der Waals surface area contributed by atoms with Crippen LogP contribution in [0.15, 0.2) is 33.7 Å². The van der Waals surface area contributed by atoms with Gasteiger partial charge in [-0.1, -0.05) is 48.5 Å². The molecule has 1 aromatic carbocycles. The summed E-state index contributed by atoms with van der Waals surface area (Å²) in [5.41, 5.74) is 0.903. The van der Waals surface area contributed by atoms with Crippen LogP contribution in [-0.4, -0.2) is 27.2 Å². The Balaban J connectivity index is 2.38. The average Bonchev–Trinajstić information content (AvgIpc) is 2.59. The van der Waals surface area contributed by atoms with E-state index in [1.165, 1.54) is 0 Å². The summed E-state index contributed by atoms with van der Waals surface area (Å²) in [6, 6.07) is 5.97. The summed E-state index contributed by atoms with van der Waals surface area (Å²) in [6.07, 6.45) is 0.781. The second-order valence-corrected chi connectivity index (χ2v) is 9.00. The van der Waals surface area contributed by atoms with Crippen molar-refractivity contribution in [2.45, 2.75) is 46.8 Å². The lowest BCUT2D eigenvalue weighted by Gasteiger charge is -2.29. The zero-order valence-electron chi connectivity index (χ0n) is 16.6. The molecule has 0 radical (unpaired) electrons. The fraction of sp³-hybridized carbons (Fsp3) is 0.364. The first-order valence-corrected chi connectivity index (χ1v) is 9.98. The zero-order chi connectivity index (χ0) is 20.6. The Labute approximate surface area is 172 Å². The number of hydrogen-bond acceptors (Lipinski definition) is 4. The minimum atomic E-state index is -0.768. The Morgan fingerprint density at radius 1 is 1.25 bits per heavy atom. The molecule has 2 aromatic heterocycles. The molecule has 146 valence electrons. The number of fused-ring (bicyclic) bond motifs is 3. The standard InChI is InChI=1S/C22H24BrN3O2/c1-12(27)6-7-14-11-24-21(28)18-17-10-15(23)8-9-16(17)20(26-19(14)18)25-13(2)22(3,4)5/h8-13,27H,1-5H3,(H,24,28)(H,25,26)/t12-,13?/m0/s1. The molecule has 0 aliphatic heterocycles. The number of pyridine rings is 2. The Morgan fingerprint density at radius 2 is 1.96 bits per heavy atom. The van der Waals surface area contributed by atoms with Gasteiger partial charge in [0.2, 0.25) is 0 Å². The van der Waals surface area contributed by atoms with Crippen molar-refractivity contribution in [3.05, 3.63) is 44.8 Å². The maximum Gasteiger partial charge on any atom is 0.258 e. The van der Waals surface area contributed by atoms with Crippen molar-refractivity contribution in [3.8, 4) is 11.8 Å². The van der Waals surface area contributed by atoms with Crippen molar-refractivity contribution >= 4 is 43.4 Å². The fourth-order valence-electron chi connectivity index (χ4n) is 2.80. The van der Waals surface area contributed by atoms with Crippen molar-refractivity contribution in [3.63, 3.8) is 0 Å². The summed E-state index contributed by atoms with van der Waals surface area (Å²) >= 11 is 3.50. The summed E-state index contributed by atoms with van der Waals surface area (Å²) in [4.78, 5) is 20.2. The second-order valence-electron chi connectivity index (χ2n) is 8.08. The molecule has 5 nitrogen and oxygen atoms in total. The molecule has 0 aliphatic rings. The molecule has 0 amide bonds. The summed E-state index contributed by atoms with van der Waals surface area (Å²) in [5, 5.41) is 15.2. The number of anilines is 1. The Hall–Kier alpha value is -2.36. The monoisotopic (exact) mass is 441 g/mol. The van der Waals surface area contributed by atoms with Gasteiger partial charge >= 0.3 is 0 Å². The van der Waals surface area contributed by atoms with Gasteiger partial charge < -0.3 is 15.4 Å². The normalized spacial score (nSPS) is 13.8. The maximum absolute atomic E-state index is 12.7. The lowest BCUT2D eigenvalue weighted by atomic mass is 9.88. The molecule has 3 N–H and O–H groups in total. The molecule has 0 saturated heterocycles. The van der Waals surface area contributed by atoms with E-state index in [1.54, 1.807) is 13.1 Å². The van der Waals surface area contributed by atoms with Gasteiger partial charge in [0.1, 0.15) is 11.9 Å². The van der Waals surface area contributed by atoms with Gasteiger partial charge in [-0.25, -0.2) is 4.98 Å². The molecule has 0 saturated carbocycles. The number of aliphatic hydroxyl groups is 1. The molecule has 1 unspecified atom stereocenters. The number of rotatable bonds is 2. The minimum absolute atomic E-state index is 0.0292. The SMILES string of the molecule is CC(Nc1nc2c(C#C[C@H](C)O)c[nH]c(=O)c2c2cc(Br)ccc12)C(C)(C)C. The number of halogens is 1. The molecule has 2 atom stereocenters. The second kappa shape index (κ2) is 7.57. The largest absolute Gasteiger partial charge is 0.381 e. The number of nitrogens with one attached hydrogen (secondary N) is 2. The third-order valence-corrected chi connectivity index (χ3v) is 5.36. The molecule has 0 fully saturated rings. The van der Waals surface area contributed by atoms with Crippen LogP contribution in [-0.2, 0) is 0 Å². The first-order valence-electron chi connectivity index (χ1n) is 9.18. The predicted molar refractivity (Wildman–Crippen MR) is 119 cm³/mol. The summed E-state index contributed by atoms with van der Waals surface area (Å²) < 4.78 is 0.877. The van der Waals surface area contributed by atoms with E-state index in [4.69, 9.17) is 4.98 Å². The van der Waals surface area contributed by atoms with E-state index < -0.39 is 6.10 Å². The highest BCUT2D eigenvalue weighted by Gasteiger charge is 2.22. The van der Waals surface area contributed by atoms with E-state index in [1.807, 2.05) is 18.2 Å². The maximum atomic E-state index is 12.7. The number of benzene rings is 1. The van der Waals surface area contributed by atoms with E-state index in [2.05, 4.69) is 65.8 Å². The van der Waals surface area contributed by atoms with Gasteiger partial charge in [0.15, 0.2) is 0 Å². The number of aliphatic hydroxyl groups excluding tert-OH is 1. The van der Waals surface area contributed by atoms with Crippen LogP contribution in [0.2, 0.25) is 0 Å². The number of H-pyrrole nitrogens is 1.